The van der Waals surface area contributed by atoms with Gasteiger partial charge >= 0.3 is 11.9 Å². The summed E-state index contributed by atoms with van der Waals surface area (Å²) in [5.74, 6) is -2.42. The molecule has 1 aliphatic carbocycles. The number of amides is 1. The number of aliphatic hydroxyl groups excluding tert-OH is 1. The van der Waals surface area contributed by atoms with Crippen molar-refractivity contribution in [3.63, 3.8) is 0 Å². The van der Waals surface area contributed by atoms with Crippen molar-refractivity contribution in [3.8, 4) is 11.1 Å². The second-order valence-electron chi connectivity index (χ2n) is 11.8. The number of nitrogen functional groups attached to an aromatic ring is 1. The van der Waals surface area contributed by atoms with Gasteiger partial charge < -0.3 is 31.4 Å². The molecule has 2 aromatic carbocycles. The molecule has 12 heteroatoms. The van der Waals surface area contributed by atoms with Crippen LogP contribution in [0.3, 0.4) is 0 Å². The topological polar surface area (TPSA) is 208 Å². The molecule has 2 atom stereocenters. The van der Waals surface area contributed by atoms with Crippen LogP contribution in [0, 0.1) is 17.2 Å². The van der Waals surface area contributed by atoms with Crippen LogP contribution in [-0.4, -0.2) is 58.9 Å². The number of esters is 2. The van der Waals surface area contributed by atoms with Gasteiger partial charge in [-0.2, -0.15) is 0 Å². The van der Waals surface area contributed by atoms with Gasteiger partial charge in [0.05, 0.1) is 6.61 Å². The van der Waals surface area contributed by atoms with E-state index in [2.05, 4.69) is 16.9 Å². The summed E-state index contributed by atoms with van der Waals surface area (Å²) in [7, 11) is 0. The first-order chi connectivity index (χ1) is 23.0. The number of benzene rings is 2. The van der Waals surface area contributed by atoms with Crippen LogP contribution < -0.4 is 16.8 Å². The van der Waals surface area contributed by atoms with Crippen molar-refractivity contribution in [3.05, 3.63) is 94.3 Å². The number of carbonyl (C=O) groups is 4. The number of nitrogens with zero attached hydrogens (tertiary/aromatic N) is 1. The second-order valence-corrected chi connectivity index (χ2v) is 11.8. The zero-order valence-electron chi connectivity index (χ0n) is 27.1. The molecule has 1 fully saturated rings. The molecule has 3 aromatic rings. The van der Waals surface area contributed by atoms with E-state index in [0.717, 1.165) is 12.8 Å². The number of nitrogens with two attached hydrogens (primary N) is 2. The highest BCUT2D eigenvalue weighted by atomic mass is 16.7. The molecule has 0 spiro atoms. The molecular weight excluding hydrogens is 614 g/mol. The smallest absolute Gasteiger partial charge is 0.360 e. The van der Waals surface area contributed by atoms with E-state index in [9.17, 15) is 24.3 Å². The van der Waals surface area contributed by atoms with E-state index >= 15 is 0 Å². The fourth-order valence-corrected chi connectivity index (χ4v) is 4.92. The molecule has 4 rings (SSSR count). The van der Waals surface area contributed by atoms with E-state index in [1.165, 1.54) is 18.2 Å². The Kier molecular flexibility index (Phi) is 11.9. The number of amidine groups is 1. The average Bonchev–Trinajstić information content (AvgIpc) is 3.93. The van der Waals surface area contributed by atoms with Crippen LogP contribution in [0.2, 0.25) is 0 Å². The lowest BCUT2D eigenvalue weighted by molar-refractivity contribution is -0.155. The number of carbonyl (C=O) groups excluding carboxylic acids is 4. The van der Waals surface area contributed by atoms with E-state index < -0.39 is 37.3 Å². The standard InChI is InChI=1S/C36H41N5O7/c1-4-20(3)31(37)35(45)47-19-48-36(46)32-26(12-13-29(41-32)34(44)40-17-22-6-7-22)27-16-25(18-42)23(5-2)15-28(27)30(43)14-21-8-10-24(11-9-21)33(38)39/h5,8-13,15-16,20,22,31,42H,2,4,6-7,14,17-19,37H2,1,3H3,(H3,38,39)(H,40,44)/t20?,31-/m0/s1. The summed E-state index contributed by atoms with van der Waals surface area (Å²) in [6, 6.07) is 11.8. The molecule has 0 aliphatic heterocycles. The molecule has 1 heterocycles. The highest BCUT2D eigenvalue weighted by molar-refractivity contribution is 6.07. The monoisotopic (exact) mass is 655 g/mol. The number of ketones is 1. The number of aromatic nitrogens is 1. The minimum atomic E-state index is -1.01. The van der Waals surface area contributed by atoms with Crippen molar-refractivity contribution >= 4 is 35.5 Å². The molecule has 0 bridgehead atoms. The van der Waals surface area contributed by atoms with Crippen LogP contribution in [0.1, 0.15) is 86.7 Å². The number of nitrogens with one attached hydrogen (secondary N) is 2. The van der Waals surface area contributed by atoms with Gasteiger partial charge in [0.2, 0.25) is 6.79 Å². The Morgan fingerprint density at radius 3 is 2.42 bits per heavy atom. The highest BCUT2D eigenvalue weighted by Gasteiger charge is 2.27. The number of hydrogen-bond acceptors (Lipinski definition) is 10. The molecule has 252 valence electrons. The molecule has 1 amide bonds. The number of rotatable bonds is 16. The molecular formula is C36H41N5O7. The minimum absolute atomic E-state index is 0.0402. The van der Waals surface area contributed by atoms with Gasteiger partial charge in [-0.15, -0.1) is 0 Å². The maximum atomic E-state index is 13.9. The summed E-state index contributed by atoms with van der Waals surface area (Å²) in [4.78, 5) is 57.1. The van der Waals surface area contributed by atoms with Crippen LogP contribution in [0.5, 0.6) is 0 Å². The predicted molar refractivity (Wildman–Crippen MR) is 180 cm³/mol. The average molecular weight is 656 g/mol. The summed E-state index contributed by atoms with van der Waals surface area (Å²) in [6.07, 6.45) is 4.16. The zero-order valence-corrected chi connectivity index (χ0v) is 27.1. The second kappa shape index (κ2) is 16.1. The third kappa shape index (κ3) is 8.78. The van der Waals surface area contributed by atoms with Crippen molar-refractivity contribution in [1.29, 1.82) is 5.41 Å². The Balaban J connectivity index is 1.73. The van der Waals surface area contributed by atoms with Gasteiger partial charge in [-0.1, -0.05) is 57.2 Å². The van der Waals surface area contributed by atoms with Crippen LogP contribution in [0.15, 0.2) is 55.1 Å². The SMILES string of the molecule is C=Cc1cc(C(=O)Cc2ccc(C(=N)N)cc2)c(-c2ccc(C(=O)NCC3CC3)nc2C(=O)OCOC(=O)[C@@H](N)C(C)CC)cc1CO. The molecule has 48 heavy (non-hydrogen) atoms. The van der Waals surface area contributed by atoms with Gasteiger partial charge in [0.15, 0.2) is 11.5 Å². The molecule has 0 saturated heterocycles. The minimum Gasteiger partial charge on any atom is -0.427 e. The normalized spacial score (nSPS) is 13.6. The van der Waals surface area contributed by atoms with Crippen LogP contribution >= 0.6 is 0 Å². The van der Waals surface area contributed by atoms with E-state index in [-0.39, 0.29) is 52.0 Å². The van der Waals surface area contributed by atoms with E-state index in [1.54, 1.807) is 43.3 Å². The quantitative estimate of drug-likeness (QED) is 0.0496. The Bertz CT molecular complexity index is 1720. The third-order valence-corrected chi connectivity index (χ3v) is 8.38. The zero-order chi connectivity index (χ0) is 35.0. The van der Waals surface area contributed by atoms with Gasteiger partial charge in [-0.25, -0.2) is 9.78 Å². The van der Waals surface area contributed by atoms with Gasteiger partial charge in [0.1, 0.15) is 17.6 Å². The number of hydrogen-bond donors (Lipinski definition) is 5. The molecule has 1 saturated carbocycles. The number of aliphatic hydroxyl groups is 1. The number of pyridine rings is 1. The molecule has 1 aliphatic rings. The Hall–Kier alpha value is -5.20. The fourth-order valence-electron chi connectivity index (χ4n) is 4.92. The van der Waals surface area contributed by atoms with Crippen molar-refractivity contribution < 1.29 is 33.8 Å². The van der Waals surface area contributed by atoms with Crippen molar-refractivity contribution in [1.82, 2.24) is 10.3 Å². The van der Waals surface area contributed by atoms with E-state index in [1.807, 2.05) is 6.92 Å². The van der Waals surface area contributed by atoms with Crippen molar-refractivity contribution in [2.24, 2.45) is 23.3 Å². The van der Waals surface area contributed by atoms with Gasteiger partial charge in [0.25, 0.3) is 5.91 Å². The lowest BCUT2D eigenvalue weighted by Crippen LogP contribution is -2.38. The first-order valence-electron chi connectivity index (χ1n) is 15.7. The molecule has 1 aromatic heterocycles. The summed E-state index contributed by atoms with van der Waals surface area (Å²) in [5, 5.41) is 20.6. The summed E-state index contributed by atoms with van der Waals surface area (Å²) < 4.78 is 10.4. The molecule has 1 unspecified atom stereocenters. The predicted octanol–water partition coefficient (Wildman–Crippen LogP) is 3.76. The molecule has 12 nitrogen and oxygen atoms in total. The highest BCUT2D eigenvalue weighted by Crippen LogP contribution is 2.32. The molecule has 7 N–H and O–H groups in total. The lowest BCUT2D eigenvalue weighted by Gasteiger charge is -2.18. The first kappa shape index (κ1) is 35.7. The maximum Gasteiger partial charge on any atom is 0.360 e. The summed E-state index contributed by atoms with van der Waals surface area (Å²) >= 11 is 0. The van der Waals surface area contributed by atoms with Crippen LogP contribution in [0.4, 0.5) is 0 Å². The largest absolute Gasteiger partial charge is 0.427 e. The van der Waals surface area contributed by atoms with E-state index in [4.69, 9.17) is 26.4 Å². The van der Waals surface area contributed by atoms with Crippen LogP contribution in [-0.2, 0) is 27.3 Å². The van der Waals surface area contributed by atoms with Crippen LogP contribution in [0.25, 0.3) is 17.2 Å². The van der Waals surface area contributed by atoms with E-state index in [0.29, 0.717) is 41.1 Å². The number of ether oxygens (including phenoxy) is 2. The Morgan fingerprint density at radius 1 is 1.10 bits per heavy atom. The first-order valence-corrected chi connectivity index (χ1v) is 15.7. The Morgan fingerprint density at radius 2 is 1.81 bits per heavy atom. The number of Topliss-reactive ketones (excluding diaryl/α,β-unsaturated/α-hetero) is 1. The summed E-state index contributed by atoms with van der Waals surface area (Å²) in [6.45, 7) is 6.82. The lowest BCUT2D eigenvalue weighted by atomic mass is 9.89. The van der Waals surface area contributed by atoms with Gasteiger partial charge in [0, 0.05) is 29.7 Å². The fraction of sp³-hybridized carbons (Fsp3) is 0.333. The Labute approximate surface area is 279 Å². The molecule has 0 radical (unpaired) electrons. The third-order valence-electron chi connectivity index (χ3n) is 8.38. The maximum absolute atomic E-state index is 13.9. The van der Waals surface area contributed by atoms with Gasteiger partial charge in [-0.3, -0.25) is 19.8 Å². The van der Waals surface area contributed by atoms with Crippen molar-refractivity contribution in [2.45, 2.75) is 52.2 Å². The summed E-state index contributed by atoms with van der Waals surface area (Å²) in [5.41, 5.74) is 13.9. The van der Waals surface area contributed by atoms with Gasteiger partial charge in [-0.05, 0) is 71.2 Å². The van der Waals surface area contributed by atoms with Crippen molar-refractivity contribution in [2.75, 3.05) is 13.3 Å².